The lowest BCUT2D eigenvalue weighted by Gasteiger charge is -2.02. The Bertz CT molecular complexity index is 731. The molecule has 0 unspecified atom stereocenters. The first-order chi connectivity index (χ1) is 10.9. The molecule has 22 heavy (non-hydrogen) atoms. The van der Waals surface area contributed by atoms with Gasteiger partial charge in [0.2, 0.25) is 0 Å². The van der Waals surface area contributed by atoms with Gasteiger partial charge in [0.1, 0.15) is 16.2 Å². The molecule has 0 saturated carbocycles. The average molecular weight is 332 g/mol. The van der Waals surface area contributed by atoms with Crippen molar-refractivity contribution in [2.24, 2.45) is 0 Å². The number of hydrogen-bond acceptors (Lipinski definition) is 6. The van der Waals surface area contributed by atoms with E-state index in [9.17, 15) is 0 Å². The molecule has 0 aliphatic carbocycles. The molecular formula is C16H16N2O2S2. The highest BCUT2D eigenvalue weighted by atomic mass is 32.2. The Morgan fingerprint density at radius 2 is 2.00 bits per heavy atom. The van der Waals surface area contributed by atoms with Crippen molar-refractivity contribution >= 4 is 33.3 Å². The highest BCUT2D eigenvalue weighted by Gasteiger charge is 2.10. The van der Waals surface area contributed by atoms with Gasteiger partial charge in [-0.1, -0.05) is 30.3 Å². The first-order valence-electron chi connectivity index (χ1n) is 7.00. The maximum Gasteiger partial charge on any atom is 0.128 e. The molecule has 2 heterocycles. The van der Waals surface area contributed by atoms with Gasteiger partial charge < -0.3 is 9.84 Å². The Kier molecular flexibility index (Phi) is 5.39. The summed E-state index contributed by atoms with van der Waals surface area (Å²) >= 11 is 3.34. The first kappa shape index (κ1) is 15.4. The van der Waals surface area contributed by atoms with Gasteiger partial charge >= 0.3 is 0 Å². The molecule has 2 aromatic heterocycles. The maximum atomic E-state index is 8.68. The van der Waals surface area contributed by atoms with Crippen LogP contribution in [0.25, 0.3) is 20.7 Å². The molecule has 0 bridgehead atoms. The number of hydrogen-bond donors (Lipinski definition) is 1. The van der Waals surface area contributed by atoms with Crippen molar-refractivity contribution in [3.63, 3.8) is 0 Å². The molecule has 4 nitrogen and oxygen atoms in total. The van der Waals surface area contributed by atoms with E-state index in [2.05, 4.69) is 28.2 Å². The third-order valence-electron chi connectivity index (χ3n) is 3.05. The first-order valence-corrected chi connectivity index (χ1v) is 8.80. The van der Waals surface area contributed by atoms with E-state index >= 15 is 0 Å². The van der Waals surface area contributed by atoms with Gasteiger partial charge in [0.15, 0.2) is 0 Å². The molecule has 1 aromatic carbocycles. The summed E-state index contributed by atoms with van der Waals surface area (Å²) < 4.78 is 5.28. The lowest BCUT2D eigenvalue weighted by molar-refractivity contribution is 0.103. The third-order valence-corrected chi connectivity index (χ3v) is 5.11. The summed E-state index contributed by atoms with van der Waals surface area (Å²) in [6.45, 7) is 1.05. The van der Waals surface area contributed by atoms with Gasteiger partial charge in [0, 0.05) is 16.0 Å². The van der Waals surface area contributed by atoms with Crippen molar-refractivity contribution in [1.82, 2.24) is 9.97 Å². The highest BCUT2D eigenvalue weighted by Crippen LogP contribution is 2.35. The second-order valence-electron chi connectivity index (χ2n) is 4.56. The number of nitrogens with zero attached hydrogens (tertiary/aromatic N) is 2. The monoisotopic (exact) mass is 332 g/mol. The van der Waals surface area contributed by atoms with Crippen LogP contribution in [0.3, 0.4) is 0 Å². The molecule has 3 aromatic rings. The summed E-state index contributed by atoms with van der Waals surface area (Å²) in [6.07, 6.45) is 1.62. The molecule has 0 amide bonds. The SMILES string of the molecule is OCCOCCSc1ncnc2sc(-c3ccccc3)cc12. The van der Waals surface area contributed by atoms with E-state index in [0.717, 1.165) is 21.0 Å². The topological polar surface area (TPSA) is 55.2 Å². The normalized spacial score (nSPS) is 11.1. The number of ether oxygens (including phenoxy) is 1. The predicted molar refractivity (Wildman–Crippen MR) is 91.5 cm³/mol. The van der Waals surface area contributed by atoms with Crippen molar-refractivity contribution in [2.45, 2.75) is 5.03 Å². The number of thioether (sulfide) groups is 1. The van der Waals surface area contributed by atoms with E-state index in [0.29, 0.717) is 13.2 Å². The van der Waals surface area contributed by atoms with Crippen molar-refractivity contribution in [1.29, 1.82) is 0 Å². The molecule has 0 aliphatic rings. The van der Waals surface area contributed by atoms with Gasteiger partial charge in [-0.15, -0.1) is 23.1 Å². The van der Waals surface area contributed by atoms with Crippen molar-refractivity contribution in [3.05, 3.63) is 42.7 Å². The lowest BCUT2D eigenvalue weighted by Crippen LogP contribution is -2.02. The molecule has 3 rings (SSSR count). The summed E-state index contributed by atoms with van der Waals surface area (Å²) in [7, 11) is 0. The van der Waals surface area contributed by atoms with Crippen LogP contribution in [0.4, 0.5) is 0 Å². The zero-order chi connectivity index (χ0) is 15.2. The zero-order valence-corrected chi connectivity index (χ0v) is 13.6. The molecule has 0 saturated heterocycles. The standard InChI is InChI=1S/C16H16N2O2S2/c19-6-7-20-8-9-21-15-13-10-14(12-4-2-1-3-5-12)22-16(13)18-11-17-15/h1-5,10-11,19H,6-9H2. The van der Waals surface area contributed by atoms with Crippen molar-refractivity contribution in [2.75, 3.05) is 25.6 Å². The fourth-order valence-electron chi connectivity index (χ4n) is 2.06. The summed E-state index contributed by atoms with van der Waals surface area (Å²) in [5.41, 5.74) is 1.20. The van der Waals surface area contributed by atoms with Gasteiger partial charge in [-0.2, -0.15) is 0 Å². The van der Waals surface area contributed by atoms with Gasteiger partial charge in [-0.3, -0.25) is 0 Å². The van der Waals surface area contributed by atoms with Crippen LogP contribution in [-0.4, -0.2) is 40.6 Å². The average Bonchev–Trinajstić information content (AvgIpc) is 3.00. The number of aromatic nitrogens is 2. The molecule has 1 N–H and O–H groups in total. The Hall–Kier alpha value is -1.47. The molecule has 6 heteroatoms. The molecular weight excluding hydrogens is 316 g/mol. The van der Waals surface area contributed by atoms with Gasteiger partial charge in [-0.05, 0) is 11.6 Å². The number of benzene rings is 1. The van der Waals surface area contributed by atoms with Crippen molar-refractivity contribution in [3.8, 4) is 10.4 Å². The van der Waals surface area contributed by atoms with Crippen LogP contribution in [-0.2, 0) is 4.74 Å². The Labute approximate surface area is 137 Å². The summed E-state index contributed by atoms with van der Waals surface area (Å²) in [6, 6.07) is 12.5. The summed E-state index contributed by atoms with van der Waals surface area (Å²) in [4.78, 5) is 11.0. The second kappa shape index (κ2) is 7.69. The maximum absolute atomic E-state index is 8.68. The number of rotatable bonds is 7. The smallest absolute Gasteiger partial charge is 0.128 e. The molecule has 114 valence electrons. The molecule has 0 radical (unpaired) electrons. The van der Waals surface area contributed by atoms with E-state index in [1.54, 1.807) is 29.4 Å². The van der Waals surface area contributed by atoms with Crippen LogP contribution in [0.15, 0.2) is 47.8 Å². The zero-order valence-electron chi connectivity index (χ0n) is 11.9. The minimum atomic E-state index is 0.0629. The van der Waals surface area contributed by atoms with Gasteiger partial charge in [-0.25, -0.2) is 9.97 Å². The minimum Gasteiger partial charge on any atom is -0.394 e. The van der Waals surface area contributed by atoms with E-state index < -0.39 is 0 Å². The molecule has 0 atom stereocenters. The number of aliphatic hydroxyl groups is 1. The van der Waals surface area contributed by atoms with E-state index in [4.69, 9.17) is 9.84 Å². The van der Waals surface area contributed by atoms with E-state index in [1.165, 1.54) is 10.4 Å². The quantitative estimate of drug-likeness (QED) is 0.408. The Morgan fingerprint density at radius 1 is 1.14 bits per heavy atom. The van der Waals surface area contributed by atoms with Crippen LogP contribution in [0.2, 0.25) is 0 Å². The molecule has 0 aliphatic heterocycles. The van der Waals surface area contributed by atoms with Crippen molar-refractivity contribution < 1.29 is 9.84 Å². The van der Waals surface area contributed by atoms with Gasteiger partial charge in [0.05, 0.1) is 19.8 Å². The summed E-state index contributed by atoms with van der Waals surface area (Å²) in [5, 5.41) is 10.8. The van der Waals surface area contributed by atoms with Crippen LogP contribution < -0.4 is 0 Å². The van der Waals surface area contributed by atoms with Crippen LogP contribution >= 0.6 is 23.1 Å². The van der Waals surface area contributed by atoms with Crippen LogP contribution in [0.5, 0.6) is 0 Å². The number of fused-ring (bicyclic) bond motifs is 1. The fourth-order valence-corrected chi connectivity index (χ4v) is 3.95. The van der Waals surface area contributed by atoms with E-state index in [-0.39, 0.29) is 6.61 Å². The van der Waals surface area contributed by atoms with Crippen LogP contribution in [0, 0.1) is 0 Å². The molecule has 0 spiro atoms. The molecule has 0 fully saturated rings. The van der Waals surface area contributed by atoms with E-state index in [1.807, 2.05) is 18.2 Å². The fraction of sp³-hybridized carbons (Fsp3) is 0.250. The number of thiophene rings is 1. The summed E-state index contributed by atoms with van der Waals surface area (Å²) in [5.74, 6) is 0.808. The lowest BCUT2D eigenvalue weighted by atomic mass is 10.2. The largest absolute Gasteiger partial charge is 0.394 e. The number of aliphatic hydroxyl groups excluding tert-OH is 1. The highest BCUT2D eigenvalue weighted by molar-refractivity contribution is 7.99. The Balaban J connectivity index is 1.78. The van der Waals surface area contributed by atoms with Crippen LogP contribution in [0.1, 0.15) is 0 Å². The third kappa shape index (κ3) is 3.64. The Morgan fingerprint density at radius 3 is 2.82 bits per heavy atom. The second-order valence-corrected chi connectivity index (χ2v) is 6.67. The predicted octanol–water partition coefficient (Wildman–Crippen LogP) is 3.46. The minimum absolute atomic E-state index is 0.0629. The van der Waals surface area contributed by atoms with Gasteiger partial charge in [0.25, 0.3) is 0 Å².